The number of nitrogens with one attached hydrogen (secondary N) is 2. The van der Waals surface area contributed by atoms with Crippen LogP contribution in [0, 0.1) is 6.92 Å². The Balaban J connectivity index is 1.82. The van der Waals surface area contributed by atoms with Crippen LogP contribution in [0.5, 0.6) is 0 Å². The Labute approximate surface area is 174 Å². The Morgan fingerprint density at radius 3 is 2.54 bits per heavy atom. The van der Waals surface area contributed by atoms with Crippen molar-refractivity contribution in [3.8, 4) is 0 Å². The van der Waals surface area contributed by atoms with E-state index in [2.05, 4.69) is 10.6 Å². The number of esters is 1. The predicted octanol–water partition coefficient (Wildman–Crippen LogP) is 4.63. The summed E-state index contributed by atoms with van der Waals surface area (Å²) in [4.78, 5) is 26.2. The van der Waals surface area contributed by atoms with Gasteiger partial charge in [0.25, 0.3) is 5.91 Å². The van der Waals surface area contributed by atoms with Gasteiger partial charge in [-0.15, -0.1) is 11.3 Å². The van der Waals surface area contributed by atoms with E-state index >= 15 is 0 Å². The monoisotopic (exact) mass is 416 g/mol. The first kappa shape index (κ1) is 20.5. The molecule has 0 radical (unpaired) electrons. The third kappa shape index (κ3) is 4.59. The van der Waals surface area contributed by atoms with E-state index in [0.29, 0.717) is 16.1 Å². The lowest BCUT2D eigenvalue weighted by Crippen LogP contribution is -2.34. The summed E-state index contributed by atoms with van der Waals surface area (Å²) in [7, 11) is 1.39. The van der Waals surface area contributed by atoms with Gasteiger partial charge in [0.05, 0.1) is 12.7 Å². The Kier molecular flexibility index (Phi) is 6.80. The zero-order valence-electron chi connectivity index (χ0n) is 16.1. The second kappa shape index (κ2) is 9.30. The minimum Gasteiger partial charge on any atom is -0.465 e. The van der Waals surface area contributed by atoms with Crippen LogP contribution in [0.15, 0.2) is 24.3 Å². The molecule has 148 valence electrons. The standard InChI is InChI=1S/C21H24N2O3S2/c1-13-9-7-8-10-14(13)18(24)22-21(27)23-19-17(20(25)26-2)15-11-5-3-4-6-12-16(15)28-19/h7-10H,3-6,11-12H2,1-2H3,(H2,22,23,24,27). The quantitative estimate of drug-likeness (QED) is 0.564. The number of aryl methyl sites for hydroxylation is 2. The van der Waals surface area contributed by atoms with Gasteiger partial charge in [-0.1, -0.05) is 31.0 Å². The highest BCUT2D eigenvalue weighted by Crippen LogP contribution is 2.37. The van der Waals surface area contributed by atoms with E-state index < -0.39 is 0 Å². The molecule has 1 aliphatic carbocycles. The van der Waals surface area contributed by atoms with Gasteiger partial charge in [-0.2, -0.15) is 0 Å². The molecule has 1 aromatic carbocycles. The molecule has 7 heteroatoms. The van der Waals surface area contributed by atoms with Crippen molar-refractivity contribution in [3.63, 3.8) is 0 Å². The first-order chi connectivity index (χ1) is 13.5. The molecule has 1 aliphatic rings. The van der Waals surface area contributed by atoms with Crippen molar-refractivity contribution in [2.45, 2.75) is 45.4 Å². The minimum absolute atomic E-state index is 0.174. The molecule has 2 aromatic rings. The minimum atomic E-state index is -0.367. The van der Waals surface area contributed by atoms with E-state index in [0.717, 1.165) is 36.8 Å². The molecule has 2 N–H and O–H groups in total. The molecule has 0 spiro atoms. The number of fused-ring (bicyclic) bond motifs is 1. The van der Waals surface area contributed by atoms with Crippen molar-refractivity contribution in [1.29, 1.82) is 0 Å². The van der Waals surface area contributed by atoms with Crippen molar-refractivity contribution in [1.82, 2.24) is 5.32 Å². The van der Waals surface area contributed by atoms with Crippen LogP contribution >= 0.6 is 23.6 Å². The Hall–Kier alpha value is -2.25. The average molecular weight is 417 g/mol. The van der Waals surface area contributed by atoms with Crippen LogP contribution in [-0.4, -0.2) is 24.1 Å². The third-order valence-electron chi connectivity index (χ3n) is 4.90. The van der Waals surface area contributed by atoms with Crippen molar-refractivity contribution in [2.75, 3.05) is 12.4 Å². The molecular formula is C21H24N2O3S2. The summed E-state index contributed by atoms with van der Waals surface area (Å²) >= 11 is 6.88. The number of thiocarbonyl (C=S) groups is 1. The highest BCUT2D eigenvalue weighted by Gasteiger charge is 2.25. The number of carbonyl (C=O) groups excluding carboxylic acids is 2. The molecule has 0 saturated heterocycles. The smallest absolute Gasteiger partial charge is 0.341 e. The summed E-state index contributed by atoms with van der Waals surface area (Å²) in [6.45, 7) is 1.88. The number of thiophene rings is 1. The largest absolute Gasteiger partial charge is 0.465 e. The summed E-state index contributed by atoms with van der Waals surface area (Å²) in [6, 6.07) is 7.32. The Morgan fingerprint density at radius 1 is 1.11 bits per heavy atom. The van der Waals surface area contributed by atoms with E-state index in [1.165, 1.54) is 36.2 Å². The van der Waals surface area contributed by atoms with Crippen molar-refractivity contribution in [3.05, 3.63) is 51.4 Å². The fourth-order valence-electron chi connectivity index (χ4n) is 3.46. The van der Waals surface area contributed by atoms with Gasteiger partial charge in [-0.05, 0) is 62.0 Å². The van der Waals surface area contributed by atoms with Gasteiger partial charge in [0.2, 0.25) is 0 Å². The normalized spacial score (nSPS) is 13.6. The summed E-state index contributed by atoms with van der Waals surface area (Å²) in [5, 5.41) is 6.59. The first-order valence-corrected chi connectivity index (χ1v) is 10.6. The summed E-state index contributed by atoms with van der Waals surface area (Å²) < 4.78 is 5.02. The molecule has 5 nitrogen and oxygen atoms in total. The molecule has 1 aromatic heterocycles. The predicted molar refractivity (Wildman–Crippen MR) is 116 cm³/mol. The zero-order chi connectivity index (χ0) is 20.1. The fourth-order valence-corrected chi connectivity index (χ4v) is 5.00. The van der Waals surface area contributed by atoms with Gasteiger partial charge in [-0.3, -0.25) is 10.1 Å². The number of hydrogen-bond acceptors (Lipinski definition) is 5. The van der Waals surface area contributed by atoms with Crippen LogP contribution < -0.4 is 10.6 Å². The van der Waals surface area contributed by atoms with Gasteiger partial charge in [0.15, 0.2) is 5.11 Å². The Bertz CT molecular complexity index is 905. The number of carbonyl (C=O) groups is 2. The lowest BCUT2D eigenvalue weighted by Gasteiger charge is -2.12. The van der Waals surface area contributed by atoms with Gasteiger partial charge >= 0.3 is 5.97 Å². The molecule has 1 amide bonds. The maximum atomic E-state index is 12.5. The van der Waals surface area contributed by atoms with Crippen molar-refractivity contribution < 1.29 is 14.3 Å². The first-order valence-electron chi connectivity index (χ1n) is 9.42. The number of hydrogen-bond donors (Lipinski definition) is 2. The van der Waals surface area contributed by atoms with Crippen LogP contribution in [0.1, 0.15) is 62.4 Å². The number of ether oxygens (including phenoxy) is 1. The molecule has 0 bridgehead atoms. The van der Waals surface area contributed by atoms with E-state index in [1.807, 2.05) is 25.1 Å². The number of amides is 1. The van der Waals surface area contributed by atoms with E-state index in [9.17, 15) is 9.59 Å². The van der Waals surface area contributed by atoms with E-state index in [4.69, 9.17) is 17.0 Å². The fraction of sp³-hybridized carbons (Fsp3) is 0.381. The van der Waals surface area contributed by atoms with Crippen molar-refractivity contribution >= 4 is 45.5 Å². The lowest BCUT2D eigenvalue weighted by atomic mass is 9.96. The van der Waals surface area contributed by atoms with Crippen LogP contribution in [0.2, 0.25) is 0 Å². The summed E-state index contributed by atoms with van der Waals surface area (Å²) in [6.07, 6.45) is 6.36. The number of methoxy groups -OCH3 is 1. The molecule has 28 heavy (non-hydrogen) atoms. The topological polar surface area (TPSA) is 67.4 Å². The van der Waals surface area contributed by atoms with Gasteiger partial charge < -0.3 is 10.1 Å². The third-order valence-corrected chi connectivity index (χ3v) is 6.32. The van der Waals surface area contributed by atoms with E-state index in [1.54, 1.807) is 6.07 Å². The molecule has 3 rings (SSSR count). The average Bonchev–Trinajstić information content (AvgIpc) is 2.97. The molecule has 0 fully saturated rings. The van der Waals surface area contributed by atoms with Gasteiger partial charge in [-0.25, -0.2) is 4.79 Å². The second-order valence-electron chi connectivity index (χ2n) is 6.84. The highest BCUT2D eigenvalue weighted by molar-refractivity contribution is 7.80. The van der Waals surface area contributed by atoms with Crippen LogP contribution in [0.3, 0.4) is 0 Å². The Morgan fingerprint density at radius 2 is 1.82 bits per heavy atom. The number of anilines is 1. The van der Waals surface area contributed by atoms with Gasteiger partial charge in [0.1, 0.15) is 5.00 Å². The van der Waals surface area contributed by atoms with E-state index in [-0.39, 0.29) is 17.0 Å². The van der Waals surface area contributed by atoms with Gasteiger partial charge in [0, 0.05) is 10.4 Å². The second-order valence-corrected chi connectivity index (χ2v) is 8.35. The lowest BCUT2D eigenvalue weighted by molar-refractivity contribution is 0.0601. The molecule has 0 aliphatic heterocycles. The zero-order valence-corrected chi connectivity index (χ0v) is 17.7. The molecule has 0 saturated carbocycles. The summed E-state index contributed by atoms with van der Waals surface area (Å²) in [5.74, 6) is -0.640. The molecular weight excluding hydrogens is 392 g/mol. The summed E-state index contributed by atoms with van der Waals surface area (Å²) in [5.41, 5.74) is 3.05. The number of benzene rings is 1. The highest BCUT2D eigenvalue weighted by atomic mass is 32.1. The SMILES string of the molecule is COC(=O)c1c(NC(=S)NC(=O)c2ccccc2C)sc2c1CCCCCC2. The van der Waals surface area contributed by atoms with Crippen LogP contribution in [-0.2, 0) is 17.6 Å². The van der Waals surface area contributed by atoms with Crippen molar-refractivity contribution in [2.24, 2.45) is 0 Å². The maximum Gasteiger partial charge on any atom is 0.341 e. The molecule has 1 heterocycles. The molecule has 0 unspecified atom stereocenters. The number of rotatable bonds is 3. The van der Waals surface area contributed by atoms with Crippen LogP contribution in [0.4, 0.5) is 5.00 Å². The van der Waals surface area contributed by atoms with Crippen LogP contribution in [0.25, 0.3) is 0 Å². The molecule has 0 atom stereocenters. The maximum absolute atomic E-state index is 12.5.